The number of carboxylic acid groups (broad SMARTS) is 1. The number of fused-ring (bicyclic) bond motifs is 2. The van der Waals surface area contributed by atoms with Crippen LogP contribution in [-0.2, 0) is 27.8 Å². The lowest BCUT2D eigenvalue weighted by atomic mass is 9.85. The molecule has 2 aromatic heterocycles. The molecule has 0 radical (unpaired) electrons. The zero-order chi connectivity index (χ0) is 28.7. The van der Waals surface area contributed by atoms with Crippen LogP contribution < -0.4 is 0 Å². The Morgan fingerprint density at radius 2 is 1.95 bits per heavy atom. The normalized spacial score (nSPS) is 23.0. The van der Waals surface area contributed by atoms with Crippen LogP contribution in [0.5, 0.6) is 0 Å². The Morgan fingerprint density at radius 3 is 2.73 bits per heavy atom. The van der Waals surface area contributed by atoms with E-state index in [9.17, 15) is 18.4 Å². The molecule has 4 aromatic rings. The second-order valence-corrected chi connectivity index (χ2v) is 11.4. The molecule has 6 rings (SSSR count). The highest BCUT2D eigenvalue weighted by Crippen LogP contribution is 2.33. The van der Waals surface area contributed by atoms with Crippen molar-refractivity contribution in [1.82, 2.24) is 14.5 Å². The Labute approximate surface area is 235 Å². The minimum Gasteiger partial charge on any atom is -0.481 e. The molecule has 1 amide bonds. The van der Waals surface area contributed by atoms with Gasteiger partial charge in [-0.1, -0.05) is 6.07 Å². The van der Waals surface area contributed by atoms with Gasteiger partial charge < -0.3 is 23.7 Å². The summed E-state index contributed by atoms with van der Waals surface area (Å²) < 4.78 is 42.4. The summed E-state index contributed by atoms with van der Waals surface area (Å²) in [6.07, 6.45) is 4.47. The zero-order valence-electron chi connectivity index (χ0n) is 22.9. The van der Waals surface area contributed by atoms with E-state index in [1.807, 2.05) is 23.9 Å². The number of aliphatic carboxylic acids is 1. The van der Waals surface area contributed by atoms with Crippen LogP contribution in [0.3, 0.4) is 0 Å². The maximum Gasteiger partial charge on any atom is 0.303 e. The lowest BCUT2D eigenvalue weighted by Gasteiger charge is -2.30. The summed E-state index contributed by atoms with van der Waals surface area (Å²) in [5, 5.41) is 9.71. The maximum absolute atomic E-state index is 14.4. The zero-order valence-corrected chi connectivity index (χ0v) is 22.9. The van der Waals surface area contributed by atoms with Crippen LogP contribution in [0.25, 0.3) is 33.5 Å². The Hall–Kier alpha value is -3.79. The highest BCUT2D eigenvalue weighted by Gasteiger charge is 2.36. The first kappa shape index (κ1) is 27.4. The lowest BCUT2D eigenvalue weighted by molar-refractivity contribution is -0.138. The molecule has 2 atom stereocenters. The van der Waals surface area contributed by atoms with Gasteiger partial charge in [0.25, 0.3) is 0 Å². The molecular weight excluding hydrogens is 532 g/mol. The number of nitrogens with zero attached hydrogens (tertiary/aromatic N) is 3. The summed E-state index contributed by atoms with van der Waals surface area (Å²) in [6, 6.07) is 9.65. The van der Waals surface area contributed by atoms with E-state index in [2.05, 4.69) is 4.98 Å². The highest BCUT2D eigenvalue weighted by atomic mass is 19.1. The van der Waals surface area contributed by atoms with Crippen LogP contribution in [0.2, 0.25) is 0 Å². The van der Waals surface area contributed by atoms with Crippen molar-refractivity contribution in [2.24, 2.45) is 13.0 Å². The van der Waals surface area contributed by atoms with Crippen molar-refractivity contribution in [2.45, 2.75) is 63.3 Å². The monoisotopic (exact) mass is 565 g/mol. The van der Waals surface area contributed by atoms with Crippen LogP contribution in [0, 0.1) is 11.7 Å². The molecule has 10 heteroatoms. The predicted octanol–water partition coefficient (Wildman–Crippen LogP) is 5.66. The third-order valence-corrected chi connectivity index (χ3v) is 8.46. The molecule has 2 aliphatic rings. The first-order chi connectivity index (χ1) is 19.7. The molecular formula is C31H33F2N3O5. The fraction of sp³-hybridized carbons (Fsp3) is 0.452. The number of carbonyl (C=O) groups excluding carboxylic acids is 1. The van der Waals surface area contributed by atoms with Crippen LogP contribution in [0.4, 0.5) is 8.78 Å². The number of oxazole rings is 1. The van der Waals surface area contributed by atoms with Crippen LogP contribution in [0.1, 0.15) is 44.1 Å². The van der Waals surface area contributed by atoms with Gasteiger partial charge in [0.05, 0.1) is 37.3 Å². The van der Waals surface area contributed by atoms with E-state index >= 15 is 0 Å². The van der Waals surface area contributed by atoms with Crippen molar-refractivity contribution in [3.63, 3.8) is 0 Å². The second-order valence-electron chi connectivity index (χ2n) is 11.4. The molecule has 3 heterocycles. The average Bonchev–Trinajstić information content (AvgIpc) is 3.62. The average molecular weight is 566 g/mol. The number of alkyl halides is 1. The SMILES string of the molecule is Cn1cc(-c2nc3ccc(CC(=O)N4C[C@@H](F)C[C@H]4COC4CCC(CC(=O)O)CC4)cc3o2)c2cc(F)ccc21. The third-order valence-electron chi connectivity index (χ3n) is 8.46. The van der Waals surface area contributed by atoms with E-state index < -0.39 is 12.1 Å². The van der Waals surface area contributed by atoms with Gasteiger partial charge in [-0.05, 0) is 67.5 Å². The molecule has 1 aliphatic carbocycles. The molecule has 1 N–H and O–H groups in total. The number of carboxylic acids is 1. The van der Waals surface area contributed by atoms with Gasteiger partial charge in [-0.15, -0.1) is 0 Å². The van der Waals surface area contributed by atoms with Gasteiger partial charge in [0.1, 0.15) is 17.5 Å². The molecule has 0 bridgehead atoms. The number of aryl methyl sites for hydroxylation is 1. The molecule has 1 saturated carbocycles. The minimum atomic E-state index is -1.09. The highest BCUT2D eigenvalue weighted by molar-refractivity contribution is 5.95. The van der Waals surface area contributed by atoms with E-state index in [1.54, 1.807) is 23.1 Å². The standard InChI is InChI=1S/C31H33F2N3O5/c1-35-16-25(24-14-20(32)5-9-27(24)35)31-34-26-8-4-19(10-28(26)41-31)11-29(37)36-15-21(33)13-22(36)17-40-23-6-2-18(3-7-23)12-30(38)39/h4-5,8-10,14,16,18,21-23H,2-3,6-7,11-13,15,17H2,1H3,(H,38,39)/t18?,21-,22-,23?/m0/s1. The number of halogens is 2. The molecule has 1 saturated heterocycles. The molecule has 41 heavy (non-hydrogen) atoms. The summed E-state index contributed by atoms with van der Waals surface area (Å²) in [5.41, 5.74) is 3.41. The Balaban J connectivity index is 1.11. The minimum absolute atomic E-state index is 0.0111. The maximum atomic E-state index is 14.4. The number of aromatic nitrogens is 2. The van der Waals surface area contributed by atoms with Gasteiger partial charge in [-0.25, -0.2) is 13.8 Å². The van der Waals surface area contributed by atoms with Gasteiger partial charge >= 0.3 is 5.97 Å². The quantitative estimate of drug-likeness (QED) is 0.296. The van der Waals surface area contributed by atoms with Crippen molar-refractivity contribution in [1.29, 1.82) is 0 Å². The fourth-order valence-electron chi connectivity index (χ4n) is 6.32. The van der Waals surface area contributed by atoms with Crippen molar-refractivity contribution >= 4 is 33.9 Å². The number of hydrogen-bond donors (Lipinski definition) is 1. The molecule has 2 fully saturated rings. The molecule has 8 nitrogen and oxygen atoms in total. The van der Waals surface area contributed by atoms with E-state index in [4.69, 9.17) is 14.3 Å². The van der Waals surface area contributed by atoms with Crippen molar-refractivity contribution in [2.75, 3.05) is 13.2 Å². The Morgan fingerprint density at radius 1 is 1.15 bits per heavy atom. The van der Waals surface area contributed by atoms with E-state index in [-0.39, 0.29) is 62.2 Å². The summed E-state index contributed by atoms with van der Waals surface area (Å²) in [7, 11) is 1.88. The van der Waals surface area contributed by atoms with Crippen molar-refractivity contribution in [3.05, 3.63) is 54.0 Å². The number of rotatable bonds is 8. The topological polar surface area (TPSA) is 97.8 Å². The van der Waals surface area contributed by atoms with E-state index in [1.165, 1.54) is 12.1 Å². The van der Waals surface area contributed by atoms with Gasteiger partial charge in [0.2, 0.25) is 11.8 Å². The Bertz CT molecular complexity index is 1590. The molecule has 1 aliphatic heterocycles. The first-order valence-corrected chi connectivity index (χ1v) is 14.1. The van der Waals surface area contributed by atoms with Gasteiger partial charge in [-0.3, -0.25) is 9.59 Å². The number of ether oxygens (including phenoxy) is 1. The molecule has 0 spiro atoms. The van der Waals surface area contributed by atoms with Crippen LogP contribution >= 0.6 is 0 Å². The van der Waals surface area contributed by atoms with Gasteiger partial charge in [-0.2, -0.15) is 0 Å². The predicted molar refractivity (Wildman–Crippen MR) is 149 cm³/mol. The number of benzene rings is 2. The fourth-order valence-corrected chi connectivity index (χ4v) is 6.32. The summed E-state index contributed by atoms with van der Waals surface area (Å²) in [5.74, 6) is -0.736. The van der Waals surface area contributed by atoms with Crippen LogP contribution in [-0.4, -0.2) is 62.9 Å². The number of amides is 1. The molecule has 216 valence electrons. The summed E-state index contributed by atoms with van der Waals surface area (Å²) in [6.45, 7) is 0.321. The summed E-state index contributed by atoms with van der Waals surface area (Å²) >= 11 is 0. The summed E-state index contributed by atoms with van der Waals surface area (Å²) in [4.78, 5) is 30.4. The first-order valence-electron chi connectivity index (χ1n) is 14.1. The smallest absolute Gasteiger partial charge is 0.303 e. The van der Waals surface area contributed by atoms with Gasteiger partial charge in [0.15, 0.2) is 5.58 Å². The van der Waals surface area contributed by atoms with E-state index in [0.717, 1.165) is 36.8 Å². The number of likely N-dealkylation sites (tertiary alicyclic amines) is 1. The van der Waals surface area contributed by atoms with Crippen LogP contribution in [0.15, 0.2) is 47.0 Å². The molecule has 0 unspecified atom stereocenters. The number of carbonyl (C=O) groups is 2. The third kappa shape index (κ3) is 5.84. The molecule has 2 aromatic carbocycles. The lowest BCUT2D eigenvalue weighted by Crippen LogP contribution is -2.40. The van der Waals surface area contributed by atoms with Gasteiger partial charge in [0, 0.05) is 37.0 Å². The number of hydrogen-bond acceptors (Lipinski definition) is 5. The van der Waals surface area contributed by atoms with Crippen molar-refractivity contribution in [3.8, 4) is 11.5 Å². The Kier molecular flexibility index (Phi) is 7.50. The largest absolute Gasteiger partial charge is 0.481 e. The van der Waals surface area contributed by atoms with Crippen molar-refractivity contribution < 1.29 is 32.6 Å². The second kappa shape index (κ2) is 11.2. The van der Waals surface area contributed by atoms with E-state index in [0.29, 0.717) is 27.9 Å².